The number of fused-ring (bicyclic) bond motifs is 2. The number of benzene rings is 2. The van der Waals surface area contributed by atoms with Crippen LogP contribution >= 0.6 is 23.1 Å². The van der Waals surface area contributed by atoms with E-state index in [-0.39, 0.29) is 45.9 Å². The summed E-state index contributed by atoms with van der Waals surface area (Å²) in [5, 5.41) is 6.18. The summed E-state index contributed by atoms with van der Waals surface area (Å²) in [5.74, 6) is -2.99. The number of halogens is 2. The number of hydrogen-bond acceptors (Lipinski definition) is 7. The predicted octanol–water partition coefficient (Wildman–Crippen LogP) is 4.40. The van der Waals surface area contributed by atoms with E-state index in [1.807, 2.05) is 12.1 Å². The van der Waals surface area contributed by atoms with Crippen LogP contribution in [-0.4, -0.2) is 38.3 Å². The number of esters is 1. The van der Waals surface area contributed by atoms with Crippen LogP contribution in [0.25, 0.3) is 15.8 Å². The van der Waals surface area contributed by atoms with Gasteiger partial charge in [0.05, 0.1) is 17.0 Å². The minimum Gasteiger partial charge on any atom is -0.460 e. The number of ether oxygens (including phenoxy) is 1. The maximum Gasteiger partial charge on any atom is 0.375 e. The van der Waals surface area contributed by atoms with E-state index in [4.69, 9.17) is 16.3 Å². The molecule has 12 heteroatoms. The lowest BCUT2D eigenvalue weighted by molar-refractivity contribution is -0.116. The second kappa shape index (κ2) is 9.17. The summed E-state index contributed by atoms with van der Waals surface area (Å²) < 4.78 is 25.5. The summed E-state index contributed by atoms with van der Waals surface area (Å²) in [4.78, 5) is 43.1. The fourth-order valence-electron chi connectivity index (χ4n) is 3.96. The standard InChI is InChI=1S/C24H17ClFN5O4S/c1-3-35-24(34)21-28-20(29-23(33)18-13-6-4-5-7-16(13)36-30-18)19-17(27-22(32)11(2)31(19)21)14-10-12(26)8-9-15(14)25/h4-10,17H,2-3H2,1H3,(H,27,32)(H,29,33)/t17-/m0/s1. The van der Waals surface area contributed by atoms with Crippen molar-refractivity contribution in [2.75, 3.05) is 11.9 Å². The molecule has 0 unspecified atom stereocenters. The van der Waals surface area contributed by atoms with E-state index < -0.39 is 29.6 Å². The zero-order chi connectivity index (χ0) is 25.6. The normalized spacial score (nSPS) is 14.9. The molecule has 0 saturated heterocycles. The predicted molar refractivity (Wildman–Crippen MR) is 132 cm³/mol. The van der Waals surface area contributed by atoms with Crippen LogP contribution in [0.3, 0.4) is 0 Å². The SMILES string of the molecule is C=C1C(=O)N[C@@H](c2cc(F)ccc2Cl)c2c(NC(=O)c3nsc4ccccc34)nc(C(=O)OCC)n21. The molecule has 1 aliphatic rings. The largest absolute Gasteiger partial charge is 0.460 e. The van der Waals surface area contributed by atoms with E-state index in [2.05, 4.69) is 26.6 Å². The molecule has 1 aliphatic heterocycles. The van der Waals surface area contributed by atoms with Crippen molar-refractivity contribution in [3.05, 3.63) is 82.7 Å². The first-order chi connectivity index (χ1) is 17.3. The molecule has 0 fully saturated rings. The first-order valence-electron chi connectivity index (χ1n) is 10.7. The second-order valence-electron chi connectivity index (χ2n) is 7.73. The molecule has 2 aromatic carbocycles. The molecule has 0 radical (unpaired) electrons. The molecule has 3 heterocycles. The average molecular weight is 526 g/mol. The third kappa shape index (κ3) is 3.91. The fraction of sp³-hybridized carbons (Fsp3) is 0.125. The monoisotopic (exact) mass is 525 g/mol. The van der Waals surface area contributed by atoms with Crippen molar-refractivity contribution in [3.63, 3.8) is 0 Å². The quantitative estimate of drug-likeness (QED) is 0.295. The number of carbonyl (C=O) groups is 3. The Labute approximate surface area is 212 Å². The van der Waals surface area contributed by atoms with Gasteiger partial charge >= 0.3 is 5.97 Å². The molecule has 2 aromatic heterocycles. The number of aromatic nitrogens is 3. The van der Waals surface area contributed by atoms with Gasteiger partial charge in [-0.25, -0.2) is 14.2 Å². The van der Waals surface area contributed by atoms with Crippen molar-refractivity contribution in [2.45, 2.75) is 13.0 Å². The number of rotatable bonds is 5. The van der Waals surface area contributed by atoms with Crippen molar-refractivity contribution >= 4 is 62.5 Å². The van der Waals surface area contributed by atoms with Crippen LogP contribution in [0.5, 0.6) is 0 Å². The highest BCUT2D eigenvalue weighted by Crippen LogP contribution is 2.38. The highest BCUT2D eigenvalue weighted by atomic mass is 35.5. The van der Waals surface area contributed by atoms with Gasteiger partial charge in [0.1, 0.15) is 23.3 Å². The second-order valence-corrected chi connectivity index (χ2v) is 8.94. The molecule has 5 rings (SSSR count). The lowest BCUT2D eigenvalue weighted by atomic mass is 10.0. The Kier molecular flexibility index (Phi) is 6.02. The van der Waals surface area contributed by atoms with Crippen LogP contribution in [0.15, 0.2) is 49.0 Å². The van der Waals surface area contributed by atoms with E-state index in [1.165, 1.54) is 16.7 Å². The van der Waals surface area contributed by atoms with Gasteiger partial charge in [-0.05, 0) is 42.7 Å². The smallest absolute Gasteiger partial charge is 0.375 e. The maximum absolute atomic E-state index is 14.2. The molecule has 4 aromatic rings. The topological polar surface area (TPSA) is 115 Å². The van der Waals surface area contributed by atoms with Gasteiger partial charge in [-0.1, -0.05) is 36.4 Å². The molecule has 0 bridgehead atoms. The number of amides is 2. The Hall–Kier alpha value is -4.09. The highest BCUT2D eigenvalue weighted by molar-refractivity contribution is 7.13. The molecule has 9 nitrogen and oxygen atoms in total. The van der Waals surface area contributed by atoms with E-state index in [0.717, 1.165) is 22.3 Å². The number of nitrogens with zero attached hydrogens (tertiary/aromatic N) is 3. The zero-order valence-electron chi connectivity index (χ0n) is 18.7. The van der Waals surface area contributed by atoms with Crippen LogP contribution in [0, 0.1) is 5.82 Å². The number of carbonyl (C=O) groups excluding carboxylic acids is 3. The first-order valence-corrected chi connectivity index (χ1v) is 11.9. The molecule has 0 saturated carbocycles. The minimum absolute atomic E-state index is 0.0470. The zero-order valence-corrected chi connectivity index (χ0v) is 20.2. The molecule has 1 atom stereocenters. The maximum atomic E-state index is 14.2. The first kappa shape index (κ1) is 23.6. The van der Waals surface area contributed by atoms with Crippen LogP contribution in [0.1, 0.15) is 45.3 Å². The summed E-state index contributed by atoms with van der Waals surface area (Å²) in [7, 11) is 0. The summed E-state index contributed by atoms with van der Waals surface area (Å²) in [6.45, 7) is 5.43. The van der Waals surface area contributed by atoms with Crippen LogP contribution in [0.2, 0.25) is 5.02 Å². The van der Waals surface area contributed by atoms with Gasteiger partial charge in [-0.15, -0.1) is 0 Å². The molecule has 36 heavy (non-hydrogen) atoms. The number of hydrogen-bond donors (Lipinski definition) is 2. The van der Waals surface area contributed by atoms with Crippen LogP contribution in [0.4, 0.5) is 10.2 Å². The Balaban J connectivity index is 1.68. The van der Waals surface area contributed by atoms with Gasteiger partial charge in [-0.2, -0.15) is 4.37 Å². The van der Waals surface area contributed by atoms with E-state index >= 15 is 0 Å². The van der Waals surface area contributed by atoms with Crippen molar-refractivity contribution in [1.82, 2.24) is 19.2 Å². The molecule has 0 spiro atoms. The Morgan fingerprint density at radius 2 is 2.08 bits per heavy atom. The van der Waals surface area contributed by atoms with Crippen molar-refractivity contribution < 1.29 is 23.5 Å². The van der Waals surface area contributed by atoms with Gasteiger partial charge in [0.2, 0.25) is 5.82 Å². The third-order valence-corrected chi connectivity index (χ3v) is 6.72. The summed E-state index contributed by atoms with van der Waals surface area (Å²) in [6, 6.07) is 9.82. The van der Waals surface area contributed by atoms with Crippen LogP contribution < -0.4 is 10.6 Å². The third-order valence-electron chi connectivity index (χ3n) is 5.55. The Morgan fingerprint density at radius 1 is 1.31 bits per heavy atom. The highest BCUT2D eigenvalue weighted by Gasteiger charge is 2.38. The minimum atomic E-state index is -1.07. The van der Waals surface area contributed by atoms with Crippen molar-refractivity contribution in [1.29, 1.82) is 0 Å². The Bertz CT molecular complexity index is 1580. The molecule has 0 aliphatic carbocycles. The van der Waals surface area contributed by atoms with Gasteiger partial charge < -0.3 is 15.4 Å². The van der Waals surface area contributed by atoms with E-state index in [1.54, 1.807) is 19.1 Å². The van der Waals surface area contributed by atoms with Crippen molar-refractivity contribution in [3.8, 4) is 0 Å². The van der Waals surface area contributed by atoms with Gasteiger partial charge in [0.25, 0.3) is 11.8 Å². The molecular formula is C24H17ClFN5O4S. The number of imidazole rings is 1. The molecule has 182 valence electrons. The molecule has 2 amide bonds. The van der Waals surface area contributed by atoms with E-state index in [0.29, 0.717) is 5.39 Å². The number of nitrogens with one attached hydrogen (secondary N) is 2. The summed E-state index contributed by atoms with van der Waals surface area (Å²) in [5.41, 5.74) is 0.379. The van der Waals surface area contributed by atoms with Crippen LogP contribution in [-0.2, 0) is 9.53 Å². The van der Waals surface area contributed by atoms with Gasteiger partial charge in [0, 0.05) is 16.0 Å². The lowest BCUT2D eigenvalue weighted by Gasteiger charge is -2.29. The lowest BCUT2D eigenvalue weighted by Crippen LogP contribution is -2.39. The number of anilines is 1. The van der Waals surface area contributed by atoms with Gasteiger partial charge in [0.15, 0.2) is 5.82 Å². The molecule has 2 N–H and O–H groups in total. The van der Waals surface area contributed by atoms with Crippen molar-refractivity contribution in [2.24, 2.45) is 0 Å². The average Bonchev–Trinajstić information content (AvgIpc) is 3.45. The fourth-order valence-corrected chi connectivity index (χ4v) is 4.96. The summed E-state index contributed by atoms with van der Waals surface area (Å²) in [6.07, 6.45) is 0. The Morgan fingerprint density at radius 3 is 2.86 bits per heavy atom. The van der Waals surface area contributed by atoms with Gasteiger partial charge in [-0.3, -0.25) is 14.2 Å². The van der Waals surface area contributed by atoms with E-state index in [9.17, 15) is 18.8 Å². The molecular weight excluding hydrogens is 509 g/mol. The summed E-state index contributed by atoms with van der Waals surface area (Å²) >= 11 is 7.51.